The van der Waals surface area contributed by atoms with Gasteiger partial charge in [0.25, 0.3) is 0 Å². The monoisotopic (exact) mass is 328 g/mol. The summed E-state index contributed by atoms with van der Waals surface area (Å²) in [6, 6.07) is 2.55. The summed E-state index contributed by atoms with van der Waals surface area (Å²) in [7, 11) is -9.52. The van der Waals surface area contributed by atoms with E-state index in [1.165, 1.54) is 6.92 Å². The van der Waals surface area contributed by atoms with Crippen LogP contribution in [-0.2, 0) is 20.2 Å². The molecule has 0 aliphatic rings. The van der Waals surface area contributed by atoms with Crippen molar-refractivity contribution in [2.75, 3.05) is 0 Å². The summed E-state index contributed by atoms with van der Waals surface area (Å²) in [6.45, 7) is 1.38. The van der Waals surface area contributed by atoms with E-state index in [0.29, 0.717) is 6.07 Å². The molecule has 0 bridgehead atoms. The van der Waals surface area contributed by atoms with E-state index in [1.807, 2.05) is 0 Å². The SMILES string of the molecule is Cc1cc(S(=O)(=O)[O-])cc(S(=O)(=O)[O-])c1.[K+].[K+]. The molecule has 0 amide bonds. The summed E-state index contributed by atoms with van der Waals surface area (Å²) < 4.78 is 63.7. The van der Waals surface area contributed by atoms with Gasteiger partial charge >= 0.3 is 103 Å². The molecule has 0 atom stereocenters. The summed E-state index contributed by atoms with van der Waals surface area (Å²) in [5, 5.41) is 0. The van der Waals surface area contributed by atoms with Crippen LogP contribution in [0.3, 0.4) is 0 Å². The third-order valence-corrected chi connectivity index (χ3v) is 3.23. The van der Waals surface area contributed by atoms with Gasteiger partial charge in [-0.2, -0.15) is 0 Å². The molecule has 0 saturated heterocycles. The Morgan fingerprint density at radius 1 is 0.824 bits per heavy atom. The Balaban J connectivity index is 0. The van der Waals surface area contributed by atoms with Crippen molar-refractivity contribution in [3.8, 4) is 0 Å². The van der Waals surface area contributed by atoms with Crippen LogP contribution >= 0.6 is 0 Å². The zero-order chi connectivity index (χ0) is 11.9. The van der Waals surface area contributed by atoms with Gasteiger partial charge in [-0.1, -0.05) is 0 Å². The van der Waals surface area contributed by atoms with Gasteiger partial charge in [-0.3, -0.25) is 0 Å². The van der Waals surface area contributed by atoms with Crippen molar-refractivity contribution in [3.63, 3.8) is 0 Å². The topological polar surface area (TPSA) is 114 Å². The Hall–Kier alpha value is 2.31. The second-order valence-electron chi connectivity index (χ2n) is 2.89. The fourth-order valence-corrected chi connectivity index (χ4v) is 2.28. The van der Waals surface area contributed by atoms with Crippen molar-refractivity contribution >= 4 is 20.2 Å². The largest absolute Gasteiger partial charge is 1.00 e. The zero-order valence-electron chi connectivity index (χ0n) is 9.50. The molecule has 0 aliphatic carbocycles. The van der Waals surface area contributed by atoms with Crippen LogP contribution in [0.25, 0.3) is 0 Å². The summed E-state index contributed by atoms with van der Waals surface area (Å²) in [5.74, 6) is 0. The summed E-state index contributed by atoms with van der Waals surface area (Å²) in [4.78, 5) is -1.45. The summed E-state index contributed by atoms with van der Waals surface area (Å²) >= 11 is 0. The molecule has 0 radical (unpaired) electrons. The van der Waals surface area contributed by atoms with Crippen molar-refractivity contribution in [1.82, 2.24) is 0 Å². The molecule has 84 valence electrons. The van der Waals surface area contributed by atoms with Crippen molar-refractivity contribution in [3.05, 3.63) is 23.8 Å². The molecule has 0 aromatic heterocycles. The number of hydrogen-bond acceptors (Lipinski definition) is 6. The molecule has 10 heteroatoms. The zero-order valence-corrected chi connectivity index (χ0v) is 17.4. The smallest absolute Gasteiger partial charge is 0.744 e. The van der Waals surface area contributed by atoms with Gasteiger partial charge in [-0.15, -0.1) is 0 Å². The summed E-state index contributed by atoms with van der Waals surface area (Å²) in [5.41, 5.74) is 0.210. The molecule has 0 N–H and O–H groups in total. The van der Waals surface area contributed by atoms with Crippen molar-refractivity contribution in [2.24, 2.45) is 0 Å². The first-order chi connectivity index (χ1) is 6.60. The first-order valence-electron chi connectivity index (χ1n) is 3.64. The van der Waals surface area contributed by atoms with Gasteiger partial charge < -0.3 is 9.11 Å². The van der Waals surface area contributed by atoms with Crippen LogP contribution in [0.5, 0.6) is 0 Å². The number of hydrogen-bond donors (Lipinski definition) is 0. The molecule has 0 unspecified atom stereocenters. The van der Waals surface area contributed by atoms with Crippen LogP contribution < -0.4 is 103 Å². The number of aryl methyl sites for hydroxylation is 1. The van der Waals surface area contributed by atoms with Crippen LogP contribution in [0, 0.1) is 6.92 Å². The van der Waals surface area contributed by atoms with Gasteiger partial charge in [0.2, 0.25) is 0 Å². The van der Waals surface area contributed by atoms with Crippen molar-refractivity contribution in [1.29, 1.82) is 0 Å². The molecular weight excluding hydrogens is 322 g/mol. The molecule has 1 rings (SSSR count). The van der Waals surface area contributed by atoms with E-state index >= 15 is 0 Å². The van der Waals surface area contributed by atoms with E-state index in [9.17, 15) is 25.9 Å². The second kappa shape index (κ2) is 7.93. The predicted octanol–water partition coefficient (Wildman–Crippen LogP) is -6.19. The van der Waals surface area contributed by atoms with Crippen LogP contribution in [0.2, 0.25) is 0 Å². The Morgan fingerprint density at radius 2 is 1.12 bits per heavy atom. The van der Waals surface area contributed by atoms with Crippen LogP contribution in [0.4, 0.5) is 0 Å². The maximum atomic E-state index is 10.6. The molecule has 0 spiro atoms. The molecule has 1 aromatic carbocycles. The molecule has 17 heavy (non-hydrogen) atoms. The van der Waals surface area contributed by atoms with Gasteiger partial charge in [0.1, 0.15) is 20.2 Å². The van der Waals surface area contributed by atoms with Crippen LogP contribution in [0.15, 0.2) is 28.0 Å². The van der Waals surface area contributed by atoms with E-state index in [1.54, 1.807) is 0 Å². The van der Waals surface area contributed by atoms with E-state index in [0.717, 1.165) is 12.1 Å². The average molecular weight is 328 g/mol. The summed E-state index contributed by atoms with van der Waals surface area (Å²) in [6.07, 6.45) is 0. The van der Waals surface area contributed by atoms with E-state index in [-0.39, 0.29) is 108 Å². The molecular formula is C7H6K2O6S2. The minimum Gasteiger partial charge on any atom is -0.744 e. The Kier molecular flexibility index (Phi) is 10.1. The molecule has 0 saturated carbocycles. The van der Waals surface area contributed by atoms with Gasteiger partial charge in [0.05, 0.1) is 9.79 Å². The maximum absolute atomic E-state index is 10.6. The van der Waals surface area contributed by atoms with E-state index < -0.39 is 30.0 Å². The van der Waals surface area contributed by atoms with Crippen LogP contribution in [0.1, 0.15) is 5.56 Å². The van der Waals surface area contributed by atoms with Gasteiger partial charge in [0.15, 0.2) is 0 Å². The van der Waals surface area contributed by atoms with Gasteiger partial charge in [-0.25, -0.2) is 16.8 Å². The van der Waals surface area contributed by atoms with Crippen molar-refractivity contribution in [2.45, 2.75) is 16.7 Å². The third-order valence-electron chi connectivity index (χ3n) is 1.60. The molecule has 0 aliphatic heterocycles. The van der Waals surface area contributed by atoms with Crippen LogP contribution in [-0.4, -0.2) is 25.9 Å². The molecule has 0 heterocycles. The predicted molar refractivity (Wildman–Crippen MR) is 47.1 cm³/mol. The quantitative estimate of drug-likeness (QED) is 0.394. The normalized spacial score (nSPS) is 11.2. The molecule has 0 fully saturated rings. The second-order valence-corrected chi connectivity index (χ2v) is 5.65. The Bertz CT molecular complexity index is 543. The fraction of sp³-hybridized carbons (Fsp3) is 0.143. The standard InChI is InChI=1S/C7H8O6S2.2K/c1-5-2-6(14(8,9)10)4-7(3-5)15(11,12)13;;/h2-4H,1H3,(H,8,9,10)(H,11,12,13);;/q;2*+1/p-2. The average Bonchev–Trinajstić information content (AvgIpc) is 1.99. The van der Waals surface area contributed by atoms with E-state index in [2.05, 4.69) is 0 Å². The first-order valence-corrected chi connectivity index (χ1v) is 6.46. The number of rotatable bonds is 2. The minimum atomic E-state index is -4.76. The Labute approximate surface area is 185 Å². The number of benzene rings is 1. The maximum Gasteiger partial charge on any atom is 1.00 e. The molecule has 6 nitrogen and oxygen atoms in total. The first kappa shape index (κ1) is 21.6. The van der Waals surface area contributed by atoms with E-state index in [4.69, 9.17) is 0 Å². The van der Waals surface area contributed by atoms with Crippen molar-refractivity contribution < 1.29 is 129 Å². The third kappa shape index (κ3) is 7.04. The fourth-order valence-electron chi connectivity index (χ4n) is 1.00. The Morgan fingerprint density at radius 3 is 1.35 bits per heavy atom. The molecule has 1 aromatic rings. The minimum absolute atomic E-state index is 0. The van der Waals surface area contributed by atoms with Gasteiger partial charge in [-0.05, 0) is 30.7 Å². The van der Waals surface area contributed by atoms with Gasteiger partial charge in [0, 0.05) is 0 Å².